The normalized spacial score (nSPS) is 25.1. The lowest BCUT2D eigenvalue weighted by molar-refractivity contribution is -0.125. The molecule has 5 heteroatoms. The maximum absolute atomic E-state index is 12.0. The van der Waals surface area contributed by atoms with Crippen LogP contribution in [0.15, 0.2) is 0 Å². The van der Waals surface area contributed by atoms with Crippen LogP contribution in [0.25, 0.3) is 0 Å². The fraction of sp³-hybridized carbons (Fsp3) is 0.933. The highest BCUT2D eigenvalue weighted by atomic mass is 16.5. The highest BCUT2D eigenvalue weighted by Crippen LogP contribution is 2.33. The smallest absolute Gasteiger partial charge is 0.224 e. The summed E-state index contributed by atoms with van der Waals surface area (Å²) in [6, 6.07) is 0. The minimum atomic E-state index is -0.0969. The monoisotopic (exact) mass is 283 g/mol. The number of morpholine rings is 1. The third kappa shape index (κ3) is 3.71. The van der Waals surface area contributed by atoms with Gasteiger partial charge in [-0.05, 0) is 12.8 Å². The summed E-state index contributed by atoms with van der Waals surface area (Å²) < 4.78 is 5.47. The predicted molar refractivity (Wildman–Crippen MR) is 79.4 cm³/mol. The number of carbonyl (C=O) groups is 1. The summed E-state index contributed by atoms with van der Waals surface area (Å²) in [6.07, 6.45) is 6.22. The van der Waals surface area contributed by atoms with Crippen molar-refractivity contribution in [1.29, 1.82) is 0 Å². The first kappa shape index (κ1) is 15.7. The Balaban J connectivity index is 1.97. The second-order valence-electron chi connectivity index (χ2n) is 6.24. The number of carbonyl (C=O) groups excluding carboxylic acids is 1. The molecule has 2 fully saturated rings. The van der Waals surface area contributed by atoms with Crippen LogP contribution in [0.3, 0.4) is 0 Å². The molecule has 0 bridgehead atoms. The number of amides is 1. The average Bonchev–Trinajstić information content (AvgIpc) is 2.53. The van der Waals surface area contributed by atoms with Gasteiger partial charge in [-0.2, -0.15) is 0 Å². The average molecular weight is 283 g/mol. The van der Waals surface area contributed by atoms with E-state index < -0.39 is 0 Å². The minimum absolute atomic E-state index is 0.0886. The van der Waals surface area contributed by atoms with Crippen LogP contribution in [-0.4, -0.2) is 55.7 Å². The molecule has 1 saturated heterocycles. The summed E-state index contributed by atoms with van der Waals surface area (Å²) in [6.45, 7) is 6.67. The van der Waals surface area contributed by atoms with E-state index in [1.807, 2.05) is 6.92 Å². The maximum atomic E-state index is 12.0. The molecule has 1 atom stereocenters. The number of hydrogen-bond acceptors (Lipinski definition) is 4. The molecule has 1 aliphatic heterocycles. The van der Waals surface area contributed by atoms with Crippen molar-refractivity contribution in [3.05, 3.63) is 0 Å². The van der Waals surface area contributed by atoms with Crippen molar-refractivity contribution < 1.29 is 9.53 Å². The van der Waals surface area contributed by atoms with Gasteiger partial charge in [-0.15, -0.1) is 0 Å². The van der Waals surface area contributed by atoms with Crippen molar-refractivity contribution in [2.75, 3.05) is 39.4 Å². The zero-order chi connectivity index (χ0) is 14.4. The largest absolute Gasteiger partial charge is 0.379 e. The number of ether oxygens (including phenoxy) is 1. The van der Waals surface area contributed by atoms with Gasteiger partial charge in [-0.1, -0.05) is 26.2 Å². The molecule has 0 aromatic heterocycles. The van der Waals surface area contributed by atoms with Crippen molar-refractivity contribution >= 4 is 5.91 Å². The highest BCUT2D eigenvalue weighted by molar-refractivity contribution is 5.78. The summed E-state index contributed by atoms with van der Waals surface area (Å²) in [7, 11) is 0. The summed E-state index contributed by atoms with van der Waals surface area (Å²) in [5.41, 5.74) is 5.71. The van der Waals surface area contributed by atoms with Gasteiger partial charge in [0.05, 0.1) is 13.2 Å². The van der Waals surface area contributed by atoms with Crippen LogP contribution >= 0.6 is 0 Å². The molecule has 3 N–H and O–H groups in total. The maximum Gasteiger partial charge on any atom is 0.224 e. The van der Waals surface area contributed by atoms with E-state index >= 15 is 0 Å². The molecule has 1 unspecified atom stereocenters. The molecule has 0 radical (unpaired) electrons. The van der Waals surface area contributed by atoms with Gasteiger partial charge >= 0.3 is 0 Å². The third-order valence-corrected chi connectivity index (χ3v) is 4.86. The zero-order valence-corrected chi connectivity index (χ0v) is 12.7. The Morgan fingerprint density at radius 2 is 1.95 bits per heavy atom. The molecule has 0 aromatic rings. The van der Waals surface area contributed by atoms with Crippen molar-refractivity contribution in [2.24, 2.45) is 11.7 Å². The molecule has 0 spiro atoms. The number of nitrogens with zero attached hydrogens (tertiary/aromatic N) is 1. The Morgan fingerprint density at radius 3 is 2.55 bits per heavy atom. The quantitative estimate of drug-likeness (QED) is 0.780. The predicted octanol–water partition coefficient (Wildman–Crippen LogP) is 0.733. The van der Waals surface area contributed by atoms with Crippen molar-refractivity contribution in [1.82, 2.24) is 10.2 Å². The van der Waals surface area contributed by atoms with Gasteiger partial charge in [0.25, 0.3) is 0 Å². The number of rotatable bonds is 5. The second-order valence-corrected chi connectivity index (χ2v) is 6.24. The summed E-state index contributed by atoms with van der Waals surface area (Å²) >= 11 is 0. The Bertz CT molecular complexity index is 310. The van der Waals surface area contributed by atoms with Crippen molar-refractivity contribution in [3.63, 3.8) is 0 Å². The van der Waals surface area contributed by atoms with E-state index in [9.17, 15) is 4.79 Å². The lowest BCUT2D eigenvalue weighted by Crippen LogP contribution is -2.60. The molecule has 2 rings (SSSR count). The zero-order valence-electron chi connectivity index (χ0n) is 12.7. The topological polar surface area (TPSA) is 67.6 Å². The van der Waals surface area contributed by atoms with Crippen LogP contribution in [0.1, 0.15) is 39.0 Å². The molecule has 1 amide bonds. The standard InChI is InChI=1S/C15H29N3O2/c1-13(11-16)14(19)17-12-15(5-3-2-4-6-15)18-7-9-20-10-8-18/h13H,2-12,16H2,1H3,(H,17,19). The number of hydrogen-bond donors (Lipinski definition) is 2. The van der Waals surface area contributed by atoms with Crippen LogP contribution in [0, 0.1) is 5.92 Å². The molecule has 116 valence electrons. The molecule has 2 aliphatic rings. The molecule has 1 saturated carbocycles. The van der Waals surface area contributed by atoms with E-state index in [1.54, 1.807) is 0 Å². The van der Waals surface area contributed by atoms with E-state index in [-0.39, 0.29) is 17.4 Å². The number of nitrogens with one attached hydrogen (secondary N) is 1. The van der Waals surface area contributed by atoms with Gasteiger partial charge in [0.15, 0.2) is 0 Å². The molecular weight excluding hydrogens is 254 g/mol. The molecule has 20 heavy (non-hydrogen) atoms. The Morgan fingerprint density at radius 1 is 1.30 bits per heavy atom. The Hall–Kier alpha value is -0.650. The van der Waals surface area contributed by atoms with Gasteiger partial charge in [0, 0.05) is 37.6 Å². The van der Waals surface area contributed by atoms with Crippen molar-refractivity contribution in [2.45, 2.75) is 44.6 Å². The molecule has 5 nitrogen and oxygen atoms in total. The molecule has 1 aliphatic carbocycles. The van der Waals surface area contributed by atoms with Gasteiger partial charge in [-0.3, -0.25) is 9.69 Å². The van der Waals surface area contributed by atoms with Gasteiger partial charge in [0.1, 0.15) is 0 Å². The Labute approximate surface area is 122 Å². The van der Waals surface area contributed by atoms with Crippen LogP contribution in [-0.2, 0) is 9.53 Å². The summed E-state index contributed by atoms with van der Waals surface area (Å²) in [4.78, 5) is 14.6. The first-order valence-electron chi connectivity index (χ1n) is 7.98. The van der Waals surface area contributed by atoms with Crippen LogP contribution in [0.4, 0.5) is 0 Å². The lowest BCUT2D eigenvalue weighted by Gasteiger charge is -2.48. The van der Waals surface area contributed by atoms with Gasteiger partial charge in [-0.25, -0.2) is 0 Å². The first-order chi connectivity index (χ1) is 9.68. The molecule has 1 heterocycles. The van der Waals surface area contributed by atoms with E-state index in [0.717, 1.165) is 32.8 Å². The van der Waals surface area contributed by atoms with Gasteiger partial charge in [0.2, 0.25) is 5.91 Å². The van der Waals surface area contributed by atoms with E-state index in [4.69, 9.17) is 10.5 Å². The summed E-state index contributed by atoms with van der Waals surface area (Å²) in [5, 5.41) is 3.14. The number of nitrogens with two attached hydrogens (primary N) is 1. The third-order valence-electron chi connectivity index (χ3n) is 4.86. The SMILES string of the molecule is CC(CN)C(=O)NCC1(N2CCOCC2)CCCCC1. The van der Waals surface area contributed by atoms with Crippen LogP contribution < -0.4 is 11.1 Å². The van der Waals surface area contributed by atoms with Crippen molar-refractivity contribution in [3.8, 4) is 0 Å². The van der Waals surface area contributed by atoms with E-state index in [0.29, 0.717) is 6.54 Å². The fourth-order valence-electron chi connectivity index (χ4n) is 3.39. The van der Waals surface area contributed by atoms with E-state index in [1.165, 1.54) is 32.1 Å². The van der Waals surface area contributed by atoms with E-state index in [2.05, 4.69) is 10.2 Å². The van der Waals surface area contributed by atoms with Crippen LogP contribution in [0.5, 0.6) is 0 Å². The summed E-state index contributed by atoms with van der Waals surface area (Å²) in [5.74, 6) is -0.00830. The molecular formula is C15H29N3O2. The second kappa shape index (κ2) is 7.38. The first-order valence-corrected chi connectivity index (χ1v) is 7.98. The van der Waals surface area contributed by atoms with Gasteiger partial charge < -0.3 is 15.8 Å². The fourth-order valence-corrected chi connectivity index (χ4v) is 3.39. The van der Waals surface area contributed by atoms with Crippen LogP contribution in [0.2, 0.25) is 0 Å². The minimum Gasteiger partial charge on any atom is -0.379 e. The lowest BCUT2D eigenvalue weighted by atomic mass is 9.79. The Kier molecular flexibility index (Phi) is 5.81. The molecule has 0 aromatic carbocycles. The highest BCUT2D eigenvalue weighted by Gasteiger charge is 2.38.